The van der Waals surface area contributed by atoms with E-state index in [1.54, 1.807) is 25.2 Å². The maximum atomic E-state index is 12.6. The largest absolute Gasteiger partial charge is 0.464 e. The van der Waals surface area contributed by atoms with Gasteiger partial charge in [-0.1, -0.05) is 66.0 Å². The van der Waals surface area contributed by atoms with Crippen LogP contribution in [0.1, 0.15) is 54.4 Å². The molecule has 5 heteroatoms. The Hall–Kier alpha value is -1.88. The standard InChI is InChI=1S/C21H32O5.C2H6/c1-7-10-16(8-2)13-26-19(23)17-11-12-21(6,20(17,4)5)15-24-14-18(22)25-9-3;1-2/h7-8,10,17H,1-2,9,11-15H2,3-6H3;1-2H3/b16-10+;/t17-,21+;/m1./s1. The summed E-state index contributed by atoms with van der Waals surface area (Å²) in [5.74, 6) is -0.789. The Morgan fingerprint density at radius 3 is 2.29 bits per heavy atom. The lowest BCUT2D eigenvalue weighted by atomic mass is 9.66. The zero-order valence-electron chi connectivity index (χ0n) is 18.5. The molecule has 2 atom stereocenters. The van der Waals surface area contributed by atoms with Gasteiger partial charge in [0.2, 0.25) is 0 Å². The van der Waals surface area contributed by atoms with Crippen molar-refractivity contribution in [3.63, 3.8) is 0 Å². The van der Waals surface area contributed by atoms with E-state index in [1.807, 2.05) is 13.8 Å². The van der Waals surface area contributed by atoms with Crippen molar-refractivity contribution in [2.75, 3.05) is 26.4 Å². The van der Waals surface area contributed by atoms with E-state index in [9.17, 15) is 9.59 Å². The average Bonchev–Trinajstić information content (AvgIpc) is 2.89. The number of ether oxygens (including phenoxy) is 3. The van der Waals surface area contributed by atoms with Crippen LogP contribution in [0.4, 0.5) is 0 Å². The topological polar surface area (TPSA) is 61.8 Å². The van der Waals surface area contributed by atoms with Gasteiger partial charge in [0.25, 0.3) is 0 Å². The molecule has 0 bridgehead atoms. The molecule has 28 heavy (non-hydrogen) atoms. The Balaban J connectivity index is 0.00000352. The van der Waals surface area contributed by atoms with Crippen LogP contribution in [0.3, 0.4) is 0 Å². The van der Waals surface area contributed by atoms with Crippen LogP contribution < -0.4 is 0 Å². The summed E-state index contributed by atoms with van der Waals surface area (Å²) in [4.78, 5) is 24.1. The van der Waals surface area contributed by atoms with Crippen LogP contribution in [0.25, 0.3) is 0 Å². The van der Waals surface area contributed by atoms with Crippen molar-refractivity contribution < 1.29 is 23.8 Å². The second-order valence-electron chi connectivity index (χ2n) is 7.46. The van der Waals surface area contributed by atoms with E-state index >= 15 is 0 Å². The summed E-state index contributed by atoms with van der Waals surface area (Å²) in [6.45, 7) is 20.2. The van der Waals surface area contributed by atoms with Crippen molar-refractivity contribution in [1.82, 2.24) is 0 Å². The third-order valence-electron chi connectivity index (χ3n) is 5.62. The molecule has 0 amide bonds. The molecule has 1 aliphatic carbocycles. The average molecular weight is 395 g/mol. The minimum Gasteiger partial charge on any atom is -0.464 e. The highest BCUT2D eigenvalue weighted by Crippen LogP contribution is 2.56. The highest BCUT2D eigenvalue weighted by Gasteiger charge is 2.54. The number of hydrogen-bond acceptors (Lipinski definition) is 5. The minimum atomic E-state index is -0.367. The number of rotatable bonds is 10. The van der Waals surface area contributed by atoms with Gasteiger partial charge in [-0.15, -0.1) is 0 Å². The molecule has 0 unspecified atom stereocenters. The van der Waals surface area contributed by atoms with E-state index in [0.717, 1.165) is 18.4 Å². The van der Waals surface area contributed by atoms with Gasteiger partial charge >= 0.3 is 11.9 Å². The maximum Gasteiger partial charge on any atom is 0.332 e. The molecule has 0 spiro atoms. The molecule has 0 aromatic rings. The molecule has 1 rings (SSSR count). The summed E-state index contributed by atoms with van der Waals surface area (Å²) < 4.78 is 16.0. The van der Waals surface area contributed by atoms with Crippen molar-refractivity contribution in [3.05, 3.63) is 37.0 Å². The van der Waals surface area contributed by atoms with Gasteiger partial charge in [0.1, 0.15) is 13.2 Å². The first-order valence-corrected chi connectivity index (χ1v) is 10.1. The van der Waals surface area contributed by atoms with Crippen LogP contribution in [0.5, 0.6) is 0 Å². The Morgan fingerprint density at radius 1 is 1.11 bits per heavy atom. The molecule has 160 valence electrons. The maximum absolute atomic E-state index is 12.6. The first kappa shape index (κ1) is 26.1. The highest BCUT2D eigenvalue weighted by molar-refractivity contribution is 5.74. The quantitative estimate of drug-likeness (QED) is 0.390. The molecular formula is C23H38O5. The fourth-order valence-corrected chi connectivity index (χ4v) is 3.38. The van der Waals surface area contributed by atoms with Crippen LogP contribution in [-0.2, 0) is 23.8 Å². The van der Waals surface area contributed by atoms with Gasteiger partial charge in [0.15, 0.2) is 0 Å². The lowest BCUT2D eigenvalue weighted by Gasteiger charge is -2.40. The van der Waals surface area contributed by atoms with E-state index < -0.39 is 0 Å². The number of carbonyl (C=O) groups excluding carboxylic acids is 2. The summed E-state index contributed by atoms with van der Waals surface area (Å²) in [6, 6.07) is 0. The van der Waals surface area contributed by atoms with E-state index in [-0.39, 0.29) is 41.9 Å². The number of allylic oxidation sites excluding steroid dienone is 2. The SMILES string of the molecule is C=C/C=C(\C=C)COC(=O)[C@H]1CC[C@@](C)(COCC(=O)OCC)C1(C)C.CC. The summed E-state index contributed by atoms with van der Waals surface area (Å²) in [6.07, 6.45) is 6.64. The van der Waals surface area contributed by atoms with Gasteiger partial charge in [-0.05, 0) is 36.2 Å². The predicted molar refractivity (Wildman–Crippen MR) is 113 cm³/mol. The molecule has 1 saturated carbocycles. The number of carbonyl (C=O) groups is 2. The van der Waals surface area contributed by atoms with Crippen LogP contribution in [0, 0.1) is 16.7 Å². The van der Waals surface area contributed by atoms with Gasteiger partial charge < -0.3 is 14.2 Å². The van der Waals surface area contributed by atoms with Gasteiger partial charge in [-0.2, -0.15) is 0 Å². The molecule has 0 N–H and O–H groups in total. The molecule has 0 heterocycles. The van der Waals surface area contributed by atoms with E-state index in [0.29, 0.717) is 13.2 Å². The molecular weight excluding hydrogens is 356 g/mol. The van der Waals surface area contributed by atoms with Gasteiger partial charge in [-0.3, -0.25) is 4.79 Å². The van der Waals surface area contributed by atoms with Crippen molar-refractivity contribution in [2.24, 2.45) is 16.7 Å². The Kier molecular flexibility index (Phi) is 11.7. The van der Waals surface area contributed by atoms with Gasteiger partial charge in [0, 0.05) is 0 Å². The first-order valence-electron chi connectivity index (χ1n) is 10.1. The van der Waals surface area contributed by atoms with Gasteiger partial charge in [-0.25, -0.2) is 4.79 Å². The summed E-state index contributed by atoms with van der Waals surface area (Å²) in [5.41, 5.74) is 0.279. The molecule has 5 nitrogen and oxygen atoms in total. The summed E-state index contributed by atoms with van der Waals surface area (Å²) in [7, 11) is 0. The van der Waals surface area contributed by atoms with Crippen LogP contribution in [0.15, 0.2) is 37.0 Å². The van der Waals surface area contributed by atoms with Crippen molar-refractivity contribution in [3.8, 4) is 0 Å². The van der Waals surface area contributed by atoms with Crippen LogP contribution >= 0.6 is 0 Å². The second-order valence-corrected chi connectivity index (χ2v) is 7.46. The van der Waals surface area contributed by atoms with Crippen LogP contribution in [-0.4, -0.2) is 38.4 Å². The minimum absolute atomic E-state index is 0.0658. The molecule has 1 fully saturated rings. The fraction of sp³-hybridized carbons (Fsp3) is 0.652. The van der Waals surface area contributed by atoms with E-state index in [1.165, 1.54) is 0 Å². The molecule has 0 radical (unpaired) electrons. The zero-order valence-corrected chi connectivity index (χ0v) is 18.5. The molecule has 0 saturated heterocycles. The zero-order chi connectivity index (χ0) is 21.8. The van der Waals surface area contributed by atoms with Crippen LogP contribution in [0.2, 0.25) is 0 Å². The predicted octanol–water partition coefficient (Wildman–Crippen LogP) is 4.88. The molecule has 1 aliphatic rings. The Bertz CT molecular complexity index is 561. The molecule has 0 aliphatic heterocycles. The van der Waals surface area contributed by atoms with Crippen molar-refractivity contribution in [1.29, 1.82) is 0 Å². The van der Waals surface area contributed by atoms with E-state index in [2.05, 4.69) is 33.9 Å². The first-order chi connectivity index (χ1) is 13.2. The lowest BCUT2D eigenvalue weighted by Crippen LogP contribution is -2.41. The Labute approximate surface area is 170 Å². The van der Waals surface area contributed by atoms with Crippen molar-refractivity contribution >= 4 is 11.9 Å². The highest BCUT2D eigenvalue weighted by atomic mass is 16.6. The van der Waals surface area contributed by atoms with Gasteiger partial charge in [0.05, 0.1) is 19.1 Å². The monoisotopic (exact) mass is 394 g/mol. The third-order valence-corrected chi connectivity index (χ3v) is 5.62. The second kappa shape index (κ2) is 12.6. The third kappa shape index (κ3) is 6.93. The fourth-order valence-electron chi connectivity index (χ4n) is 3.38. The lowest BCUT2D eigenvalue weighted by molar-refractivity contribution is -0.156. The van der Waals surface area contributed by atoms with E-state index in [4.69, 9.17) is 14.2 Å². The number of esters is 2. The molecule has 0 aromatic carbocycles. The normalized spacial score (nSPS) is 23.2. The Morgan fingerprint density at radius 2 is 1.75 bits per heavy atom. The van der Waals surface area contributed by atoms with Crippen molar-refractivity contribution in [2.45, 2.75) is 54.4 Å². The summed E-state index contributed by atoms with van der Waals surface area (Å²) in [5, 5.41) is 0. The molecule has 0 aromatic heterocycles. The smallest absolute Gasteiger partial charge is 0.332 e. The summed E-state index contributed by atoms with van der Waals surface area (Å²) >= 11 is 0. The number of hydrogen-bond donors (Lipinski definition) is 0.